The van der Waals surface area contributed by atoms with Crippen LogP contribution in [0.25, 0.3) is 0 Å². The van der Waals surface area contributed by atoms with Crippen molar-refractivity contribution in [2.75, 3.05) is 11.9 Å². The Morgan fingerprint density at radius 3 is 3.00 bits per heavy atom. The Bertz CT molecular complexity index is 514. The van der Waals surface area contributed by atoms with E-state index in [1.54, 1.807) is 33.8 Å². The second-order valence-corrected chi connectivity index (χ2v) is 3.56. The van der Waals surface area contributed by atoms with Crippen LogP contribution in [0.4, 0.5) is 5.69 Å². The van der Waals surface area contributed by atoms with Gasteiger partial charge in [-0.1, -0.05) is 6.07 Å². The van der Waals surface area contributed by atoms with Crippen molar-refractivity contribution in [1.29, 1.82) is 0 Å². The van der Waals surface area contributed by atoms with Crippen LogP contribution in [0, 0.1) is 0 Å². The lowest BCUT2D eigenvalue weighted by molar-refractivity contribution is 0.697. The smallest absolute Gasteiger partial charge is 0.250 e. The molecule has 2 aromatic heterocycles. The minimum Gasteiger partial charge on any atom is -0.381 e. The van der Waals surface area contributed by atoms with Gasteiger partial charge in [-0.2, -0.15) is 5.10 Å². The van der Waals surface area contributed by atoms with Crippen LogP contribution in [-0.2, 0) is 13.6 Å². The van der Waals surface area contributed by atoms with Gasteiger partial charge in [-0.05, 0) is 6.07 Å². The molecule has 0 fully saturated rings. The molecule has 5 nitrogen and oxygen atoms in total. The number of aryl methyl sites for hydroxylation is 1. The van der Waals surface area contributed by atoms with Gasteiger partial charge in [0.1, 0.15) is 0 Å². The maximum atomic E-state index is 11.4. The fourth-order valence-corrected chi connectivity index (χ4v) is 1.48. The topological polar surface area (TPSA) is 51.9 Å². The first-order valence-electron chi connectivity index (χ1n) is 5.14. The molecule has 0 saturated carbocycles. The molecule has 0 atom stereocenters. The molecule has 0 aromatic carbocycles. The maximum absolute atomic E-state index is 11.4. The third kappa shape index (κ3) is 2.50. The fraction of sp³-hybridized carbons (Fsp3) is 0.273. The van der Waals surface area contributed by atoms with Gasteiger partial charge in [0, 0.05) is 38.6 Å². The number of aromatic nitrogens is 3. The highest BCUT2D eigenvalue weighted by molar-refractivity contribution is 5.37. The molecule has 2 aromatic rings. The van der Waals surface area contributed by atoms with Gasteiger partial charge in [0.05, 0.1) is 11.9 Å². The van der Waals surface area contributed by atoms with Crippen molar-refractivity contribution in [3.05, 3.63) is 47.1 Å². The Hall–Kier alpha value is -2.04. The van der Waals surface area contributed by atoms with Gasteiger partial charge >= 0.3 is 0 Å². The van der Waals surface area contributed by atoms with Crippen molar-refractivity contribution in [2.24, 2.45) is 7.05 Å². The van der Waals surface area contributed by atoms with E-state index in [0.29, 0.717) is 13.1 Å². The first kappa shape index (κ1) is 10.5. The summed E-state index contributed by atoms with van der Waals surface area (Å²) in [6.07, 6.45) is 5.44. The van der Waals surface area contributed by atoms with E-state index in [0.717, 1.165) is 5.69 Å². The maximum Gasteiger partial charge on any atom is 0.250 e. The fourth-order valence-electron chi connectivity index (χ4n) is 1.48. The minimum absolute atomic E-state index is 0.0236. The number of pyridine rings is 1. The van der Waals surface area contributed by atoms with Crippen molar-refractivity contribution in [3.8, 4) is 0 Å². The van der Waals surface area contributed by atoms with Crippen LogP contribution < -0.4 is 10.9 Å². The van der Waals surface area contributed by atoms with Crippen LogP contribution in [0.5, 0.6) is 0 Å². The molecule has 2 heterocycles. The first-order valence-corrected chi connectivity index (χ1v) is 5.14. The average Bonchev–Trinajstić information content (AvgIpc) is 2.67. The Labute approximate surface area is 93.3 Å². The van der Waals surface area contributed by atoms with Crippen LogP contribution in [-0.4, -0.2) is 20.9 Å². The Morgan fingerprint density at radius 2 is 2.31 bits per heavy atom. The molecule has 84 valence electrons. The lowest BCUT2D eigenvalue weighted by atomic mass is 10.4. The third-order valence-electron chi connectivity index (χ3n) is 2.29. The number of nitrogens with zero attached hydrogens (tertiary/aromatic N) is 3. The van der Waals surface area contributed by atoms with Crippen molar-refractivity contribution in [1.82, 2.24) is 14.3 Å². The van der Waals surface area contributed by atoms with Crippen LogP contribution in [0.1, 0.15) is 0 Å². The highest BCUT2D eigenvalue weighted by Crippen LogP contribution is 2.02. The van der Waals surface area contributed by atoms with Crippen molar-refractivity contribution >= 4 is 5.69 Å². The van der Waals surface area contributed by atoms with Gasteiger partial charge in [-0.25, -0.2) is 0 Å². The van der Waals surface area contributed by atoms with Crippen molar-refractivity contribution in [3.63, 3.8) is 0 Å². The molecule has 0 spiro atoms. The van der Waals surface area contributed by atoms with Crippen LogP contribution in [0.3, 0.4) is 0 Å². The lowest BCUT2D eigenvalue weighted by Gasteiger charge is -2.05. The van der Waals surface area contributed by atoms with E-state index >= 15 is 0 Å². The number of hydrogen-bond acceptors (Lipinski definition) is 3. The second kappa shape index (κ2) is 4.65. The molecule has 0 saturated heterocycles. The zero-order valence-corrected chi connectivity index (χ0v) is 9.13. The average molecular weight is 218 g/mol. The third-order valence-corrected chi connectivity index (χ3v) is 2.29. The van der Waals surface area contributed by atoms with E-state index < -0.39 is 0 Å². The van der Waals surface area contributed by atoms with Crippen LogP contribution in [0.2, 0.25) is 0 Å². The van der Waals surface area contributed by atoms with Gasteiger partial charge in [-0.3, -0.25) is 9.48 Å². The highest BCUT2D eigenvalue weighted by Gasteiger charge is 1.96. The van der Waals surface area contributed by atoms with Gasteiger partial charge in [-0.15, -0.1) is 0 Å². The lowest BCUT2D eigenvalue weighted by Crippen LogP contribution is -2.21. The Kier molecular flexibility index (Phi) is 3.05. The summed E-state index contributed by atoms with van der Waals surface area (Å²) in [6, 6.07) is 5.16. The summed E-state index contributed by atoms with van der Waals surface area (Å²) in [5, 5.41) is 7.24. The number of anilines is 1. The van der Waals surface area contributed by atoms with Gasteiger partial charge in [0.2, 0.25) is 0 Å². The van der Waals surface area contributed by atoms with E-state index in [2.05, 4.69) is 10.4 Å². The highest BCUT2D eigenvalue weighted by atomic mass is 16.1. The molecule has 0 radical (unpaired) electrons. The summed E-state index contributed by atoms with van der Waals surface area (Å²) < 4.78 is 3.40. The zero-order valence-electron chi connectivity index (χ0n) is 9.13. The first-order chi connectivity index (χ1) is 7.75. The van der Waals surface area contributed by atoms with Gasteiger partial charge in [0.25, 0.3) is 5.56 Å². The molecule has 1 N–H and O–H groups in total. The summed E-state index contributed by atoms with van der Waals surface area (Å²) in [4.78, 5) is 11.4. The standard InChI is InChI=1S/C11H14N4O/c1-14-9-10(8-13-14)12-5-7-15-6-3-2-4-11(15)16/h2-4,6,8-9,12H,5,7H2,1H3. The second-order valence-electron chi connectivity index (χ2n) is 3.56. The molecule has 0 bridgehead atoms. The molecule has 0 aliphatic rings. The normalized spacial score (nSPS) is 10.3. The summed E-state index contributed by atoms with van der Waals surface area (Å²) in [5.41, 5.74) is 0.988. The number of rotatable bonds is 4. The van der Waals surface area contributed by atoms with E-state index in [9.17, 15) is 4.79 Å². The van der Waals surface area contributed by atoms with Gasteiger partial charge in [0.15, 0.2) is 0 Å². The quantitative estimate of drug-likeness (QED) is 0.821. The zero-order chi connectivity index (χ0) is 11.4. The summed E-state index contributed by atoms with van der Waals surface area (Å²) in [5.74, 6) is 0. The number of hydrogen-bond donors (Lipinski definition) is 1. The molecule has 5 heteroatoms. The van der Waals surface area contributed by atoms with E-state index in [1.807, 2.05) is 19.3 Å². The summed E-state index contributed by atoms with van der Waals surface area (Å²) in [6.45, 7) is 1.35. The largest absolute Gasteiger partial charge is 0.381 e. The number of nitrogens with one attached hydrogen (secondary N) is 1. The summed E-state index contributed by atoms with van der Waals surface area (Å²) >= 11 is 0. The predicted octanol–water partition coefficient (Wildman–Crippen LogP) is 0.694. The van der Waals surface area contributed by atoms with Crippen molar-refractivity contribution in [2.45, 2.75) is 6.54 Å². The molecule has 0 unspecified atom stereocenters. The van der Waals surface area contributed by atoms with Gasteiger partial charge < -0.3 is 9.88 Å². The van der Waals surface area contributed by atoms with Crippen LogP contribution >= 0.6 is 0 Å². The predicted molar refractivity (Wildman–Crippen MR) is 62.4 cm³/mol. The van der Waals surface area contributed by atoms with E-state index in [4.69, 9.17) is 0 Å². The monoisotopic (exact) mass is 218 g/mol. The Balaban J connectivity index is 1.89. The SMILES string of the molecule is Cn1cc(NCCn2ccccc2=O)cn1. The van der Waals surface area contributed by atoms with Crippen molar-refractivity contribution < 1.29 is 0 Å². The molecule has 0 aliphatic carbocycles. The van der Waals surface area contributed by atoms with Crippen LogP contribution in [0.15, 0.2) is 41.6 Å². The molecular weight excluding hydrogens is 204 g/mol. The minimum atomic E-state index is 0.0236. The molecule has 16 heavy (non-hydrogen) atoms. The molecule has 2 rings (SSSR count). The Morgan fingerprint density at radius 1 is 1.44 bits per heavy atom. The van der Waals surface area contributed by atoms with E-state index in [-0.39, 0.29) is 5.56 Å². The molecule has 0 amide bonds. The molecule has 0 aliphatic heterocycles. The molecular formula is C11H14N4O. The summed E-state index contributed by atoms with van der Waals surface area (Å²) in [7, 11) is 1.87. The van der Waals surface area contributed by atoms with E-state index in [1.165, 1.54) is 0 Å².